The number of thiazole rings is 1. The highest BCUT2D eigenvalue weighted by Gasteiger charge is 2.20. The van der Waals surface area contributed by atoms with Crippen molar-refractivity contribution in [3.8, 4) is 0 Å². The normalized spacial score (nSPS) is 12.0. The standard InChI is InChI=1S/C21H19FN6O2S2/c1-12(23-19(30)13-7-3-4-8-14(13)22)18-26-27-21(28(18)2)31-11-17(29)25-20-24-15-9-5-6-10-16(15)32-20/h3-10,12H,11H2,1-2H3,(H,23,30)(H,24,25,29). The van der Waals surface area contributed by atoms with Crippen LogP contribution in [0, 0.1) is 5.82 Å². The molecule has 8 nitrogen and oxygen atoms in total. The van der Waals surface area contributed by atoms with Gasteiger partial charge in [-0.1, -0.05) is 47.4 Å². The molecular formula is C21H19FN6O2S2. The second-order valence-corrected chi connectivity index (χ2v) is 8.87. The number of rotatable bonds is 7. The Bertz CT molecular complexity index is 1260. The molecule has 0 saturated carbocycles. The molecule has 2 N–H and O–H groups in total. The van der Waals surface area contributed by atoms with Crippen LogP contribution in [0.3, 0.4) is 0 Å². The second kappa shape index (κ2) is 9.45. The Morgan fingerprint density at radius 1 is 1.16 bits per heavy atom. The summed E-state index contributed by atoms with van der Waals surface area (Å²) in [4.78, 5) is 29.1. The molecule has 164 valence electrons. The quantitative estimate of drug-likeness (QED) is 0.399. The number of carbonyl (C=O) groups is 2. The first-order chi connectivity index (χ1) is 15.4. The number of amides is 2. The van der Waals surface area contributed by atoms with Gasteiger partial charge in [-0.05, 0) is 31.2 Å². The first-order valence-corrected chi connectivity index (χ1v) is 11.5. The van der Waals surface area contributed by atoms with Gasteiger partial charge in [0.15, 0.2) is 16.1 Å². The van der Waals surface area contributed by atoms with Crippen LogP contribution in [0.4, 0.5) is 9.52 Å². The van der Waals surface area contributed by atoms with Crippen LogP contribution in [0.25, 0.3) is 10.2 Å². The molecule has 0 aliphatic rings. The maximum Gasteiger partial charge on any atom is 0.254 e. The van der Waals surface area contributed by atoms with E-state index in [0.717, 1.165) is 10.2 Å². The summed E-state index contributed by atoms with van der Waals surface area (Å²) < 4.78 is 16.5. The lowest BCUT2D eigenvalue weighted by Crippen LogP contribution is -2.29. The van der Waals surface area contributed by atoms with Gasteiger partial charge in [-0.25, -0.2) is 9.37 Å². The fourth-order valence-electron chi connectivity index (χ4n) is 3.02. The monoisotopic (exact) mass is 470 g/mol. The van der Waals surface area contributed by atoms with E-state index in [0.29, 0.717) is 16.1 Å². The molecule has 0 bridgehead atoms. The summed E-state index contributed by atoms with van der Waals surface area (Å²) in [5, 5.41) is 14.8. The van der Waals surface area contributed by atoms with E-state index >= 15 is 0 Å². The fourth-order valence-corrected chi connectivity index (χ4v) is 4.62. The molecule has 0 radical (unpaired) electrons. The lowest BCUT2D eigenvalue weighted by molar-refractivity contribution is -0.113. The summed E-state index contributed by atoms with van der Waals surface area (Å²) in [6.07, 6.45) is 0. The highest BCUT2D eigenvalue weighted by atomic mass is 32.2. The van der Waals surface area contributed by atoms with Crippen molar-refractivity contribution in [3.05, 3.63) is 65.7 Å². The minimum Gasteiger partial charge on any atom is -0.342 e. The minimum atomic E-state index is -0.592. The molecule has 4 aromatic rings. The minimum absolute atomic E-state index is 0.0392. The Hall–Kier alpha value is -3.31. The molecule has 11 heteroatoms. The third kappa shape index (κ3) is 4.78. The Kier molecular flexibility index (Phi) is 6.47. The lowest BCUT2D eigenvalue weighted by atomic mass is 10.2. The van der Waals surface area contributed by atoms with E-state index in [1.165, 1.54) is 41.3 Å². The van der Waals surface area contributed by atoms with Gasteiger partial charge in [-0.15, -0.1) is 10.2 Å². The highest BCUT2D eigenvalue weighted by Crippen LogP contribution is 2.26. The number of nitrogens with zero attached hydrogens (tertiary/aromatic N) is 4. The SMILES string of the molecule is CC(NC(=O)c1ccccc1F)c1nnc(SCC(=O)Nc2nc3ccccc3s2)n1C. The molecule has 2 amide bonds. The average molecular weight is 471 g/mol. The molecule has 2 aromatic carbocycles. The zero-order valence-corrected chi connectivity index (χ0v) is 18.8. The molecule has 0 fully saturated rings. The van der Waals surface area contributed by atoms with E-state index in [2.05, 4.69) is 25.8 Å². The molecule has 4 rings (SSSR count). The van der Waals surface area contributed by atoms with Gasteiger partial charge in [0.2, 0.25) is 5.91 Å². The Balaban J connectivity index is 1.35. The summed E-state index contributed by atoms with van der Waals surface area (Å²) in [5.41, 5.74) is 0.799. The number of fused-ring (bicyclic) bond motifs is 1. The number of thioether (sulfide) groups is 1. The smallest absolute Gasteiger partial charge is 0.254 e. The number of hydrogen-bond donors (Lipinski definition) is 2. The number of aromatic nitrogens is 4. The van der Waals surface area contributed by atoms with Crippen molar-refractivity contribution in [1.29, 1.82) is 0 Å². The summed E-state index contributed by atoms with van der Waals surface area (Å²) in [7, 11) is 1.74. The molecule has 0 saturated heterocycles. The van der Waals surface area contributed by atoms with Crippen molar-refractivity contribution in [3.63, 3.8) is 0 Å². The average Bonchev–Trinajstić information content (AvgIpc) is 3.34. The molecule has 1 unspecified atom stereocenters. The zero-order valence-electron chi connectivity index (χ0n) is 17.2. The van der Waals surface area contributed by atoms with Crippen LogP contribution in [-0.4, -0.2) is 37.3 Å². The fraction of sp³-hybridized carbons (Fsp3) is 0.190. The second-order valence-electron chi connectivity index (χ2n) is 6.90. The lowest BCUT2D eigenvalue weighted by Gasteiger charge is -2.14. The summed E-state index contributed by atoms with van der Waals surface area (Å²) >= 11 is 2.63. The maximum atomic E-state index is 13.8. The van der Waals surface area contributed by atoms with E-state index in [-0.39, 0.29) is 17.2 Å². The molecule has 2 aromatic heterocycles. The molecule has 0 aliphatic heterocycles. The number of benzene rings is 2. The van der Waals surface area contributed by atoms with Gasteiger partial charge in [-0.3, -0.25) is 9.59 Å². The maximum absolute atomic E-state index is 13.8. The first-order valence-electron chi connectivity index (χ1n) is 9.65. The predicted octanol–water partition coefficient (Wildman–Crippen LogP) is 3.79. The summed E-state index contributed by atoms with van der Waals surface area (Å²) in [6, 6.07) is 12.9. The van der Waals surface area contributed by atoms with E-state index in [1.54, 1.807) is 24.6 Å². The van der Waals surface area contributed by atoms with Crippen LogP contribution in [-0.2, 0) is 11.8 Å². The Morgan fingerprint density at radius 3 is 2.69 bits per heavy atom. The first kappa shape index (κ1) is 21.9. The van der Waals surface area contributed by atoms with Gasteiger partial charge in [-0.2, -0.15) is 0 Å². The van der Waals surface area contributed by atoms with Crippen LogP contribution in [0.5, 0.6) is 0 Å². The summed E-state index contributed by atoms with van der Waals surface area (Å²) in [5.74, 6) is -0.727. The zero-order chi connectivity index (χ0) is 22.7. The Morgan fingerprint density at radius 2 is 1.91 bits per heavy atom. The van der Waals surface area contributed by atoms with Crippen LogP contribution < -0.4 is 10.6 Å². The summed E-state index contributed by atoms with van der Waals surface area (Å²) in [6.45, 7) is 1.73. The molecule has 32 heavy (non-hydrogen) atoms. The van der Waals surface area contributed by atoms with E-state index < -0.39 is 17.8 Å². The van der Waals surface area contributed by atoms with Crippen molar-refractivity contribution >= 4 is 50.3 Å². The van der Waals surface area contributed by atoms with E-state index in [1.807, 2.05) is 24.3 Å². The predicted molar refractivity (Wildman–Crippen MR) is 122 cm³/mol. The topological polar surface area (TPSA) is 102 Å². The number of anilines is 1. The van der Waals surface area contributed by atoms with Crippen LogP contribution in [0.1, 0.15) is 29.1 Å². The van der Waals surface area contributed by atoms with Gasteiger partial charge < -0.3 is 15.2 Å². The van der Waals surface area contributed by atoms with Crippen molar-refractivity contribution in [1.82, 2.24) is 25.1 Å². The number of carbonyl (C=O) groups excluding carboxylic acids is 2. The van der Waals surface area contributed by atoms with Crippen molar-refractivity contribution < 1.29 is 14.0 Å². The van der Waals surface area contributed by atoms with E-state index in [4.69, 9.17) is 0 Å². The molecular weight excluding hydrogens is 451 g/mol. The molecule has 0 spiro atoms. The highest BCUT2D eigenvalue weighted by molar-refractivity contribution is 7.99. The van der Waals surface area contributed by atoms with Gasteiger partial charge in [0, 0.05) is 7.05 Å². The number of para-hydroxylation sites is 1. The van der Waals surface area contributed by atoms with Crippen molar-refractivity contribution in [2.24, 2.45) is 7.05 Å². The molecule has 1 atom stereocenters. The third-order valence-electron chi connectivity index (χ3n) is 4.59. The van der Waals surface area contributed by atoms with Crippen LogP contribution in [0.15, 0.2) is 53.7 Å². The number of hydrogen-bond acceptors (Lipinski definition) is 7. The largest absolute Gasteiger partial charge is 0.342 e. The third-order valence-corrected chi connectivity index (χ3v) is 6.57. The van der Waals surface area contributed by atoms with Gasteiger partial charge in [0.05, 0.1) is 27.6 Å². The van der Waals surface area contributed by atoms with Crippen LogP contribution in [0.2, 0.25) is 0 Å². The number of halogens is 1. The van der Waals surface area contributed by atoms with Gasteiger partial charge in [0.1, 0.15) is 5.82 Å². The Labute approximate surface area is 191 Å². The van der Waals surface area contributed by atoms with Crippen molar-refractivity contribution in [2.45, 2.75) is 18.1 Å². The number of nitrogens with one attached hydrogen (secondary N) is 2. The van der Waals surface area contributed by atoms with Crippen molar-refractivity contribution in [2.75, 3.05) is 11.1 Å². The molecule has 0 aliphatic carbocycles. The van der Waals surface area contributed by atoms with Gasteiger partial charge >= 0.3 is 0 Å². The van der Waals surface area contributed by atoms with Crippen LogP contribution >= 0.6 is 23.1 Å². The van der Waals surface area contributed by atoms with Gasteiger partial charge in [0.25, 0.3) is 5.91 Å². The van der Waals surface area contributed by atoms with E-state index in [9.17, 15) is 14.0 Å². The molecule has 2 heterocycles.